The molecule has 0 spiro atoms. The normalized spacial score (nSPS) is 28.1. The van der Waals surface area contributed by atoms with Crippen molar-refractivity contribution in [2.75, 3.05) is 16.9 Å². The van der Waals surface area contributed by atoms with Gasteiger partial charge in [0.1, 0.15) is 28.5 Å². The van der Waals surface area contributed by atoms with Crippen molar-refractivity contribution in [3.05, 3.63) is 88.3 Å². The minimum Gasteiger partial charge on any atom is -0.508 e. The molecule has 6 unspecified atom stereocenters. The number of anilines is 2. The molecular weight excluding hydrogens is 746 g/mol. The van der Waals surface area contributed by atoms with Crippen LogP contribution in [0.1, 0.15) is 34.7 Å². The Bertz CT molecular complexity index is 2210. The van der Waals surface area contributed by atoms with Gasteiger partial charge in [0.15, 0.2) is 33.0 Å². The molecule has 2 aliphatic carbocycles. The summed E-state index contributed by atoms with van der Waals surface area (Å²) in [6.45, 7) is 0. The topological polar surface area (TPSA) is 162 Å². The maximum Gasteiger partial charge on any atom is 0.339 e. The molecule has 4 amide bonds. The number of aromatic carboxylic acids is 1. The average Bonchev–Trinajstić information content (AvgIpc) is 3.44. The number of phenolic OH excluding ortho intramolecular Hbond substituents is 1. The number of amides is 4. The molecule has 11 nitrogen and oxygen atoms in total. The number of halogens is 7. The Balaban J connectivity index is 1.44. The third kappa shape index (κ3) is 4.33. The van der Waals surface area contributed by atoms with Crippen molar-refractivity contribution in [1.82, 2.24) is 0 Å². The summed E-state index contributed by atoms with van der Waals surface area (Å²) < 4.78 is 78.8. The van der Waals surface area contributed by atoms with E-state index < -0.39 is 121 Å². The number of phenols is 2. The summed E-state index contributed by atoms with van der Waals surface area (Å²) in [7, 11) is 1.17. The molecule has 1 saturated carbocycles. The van der Waals surface area contributed by atoms with E-state index in [2.05, 4.69) is 0 Å². The summed E-state index contributed by atoms with van der Waals surface area (Å²) in [4.78, 5) is 62.8. The standard InChI is InChI=1S/C34H21Cl2F5N2O9/c1-52-18-4-2-3-16(44)20(18)21-12-7-8-14-19(29(47)42(28(14)46)11-5-6-13(30(48)49)17(45)9-11)15(12)10-33(35)31(50)43(32(51)34(21,33)36)27-25(40)23(38)22(37)24(39)26(27)41/h2-7,9,14-15,19,21,44-45H,8,10H2,1H3,(H,48,49). The van der Waals surface area contributed by atoms with Gasteiger partial charge in [0.25, 0.3) is 11.8 Å². The van der Waals surface area contributed by atoms with Gasteiger partial charge in [-0.05, 0) is 43.0 Å². The minimum atomic E-state index is -2.89. The molecular formula is C34H21Cl2F5N2O9. The highest BCUT2D eigenvalue weighted by molar-refractivity contribution is 6.58. The maximum atomic E-state index is 15.2. The van der Waals surface area contributed by atoms with E-state index in [9.17, 15) is 52.5 Å². The van der Waals surface area contributed by atoms with Crippen LogP contribution in [0.4, 0.5) is 33.3 Å². The summed E-state index contributed by atoms with van der Waals surface area (Å²) in [6.07, 6.45) is 0.403. The number of ether oxygens (including phenoxy) is 1. The van der Waals surface area contributed by atoms with Crippen molar-refractivity contribution in [3.8, 4) is 17.2 Å². The highest BCUT2D eigenvalue weighted by Gasteiger charge is 2.77. The molecule has 4 aliphatic rings. The highest BCUT2D eigenvalue weighted by Crippen LogP contribution is 2.67. The van der Waals surface area contributed by atoms with Crippen molar-refractivity contribution in [2.45, 2.75) is 28.5 Å². The first-order valence-electron chi connectivity index (χ1n) is 15.2. The van der Waals surface area contributed by atoms with E-state index in [1.165, 1.54) is 25.3 Å². The van der Waals surface area contributed by atoms with Gasteiger partial charge in [0.05, 0.1) is 24.6 Å². The molecule has 0 bridgehead atoms. The maximum absolute atomic E-state index is 15.2. The van der Waals surface area contributed by atoms with Crippen LogP contribution in [0.25, 0.3) is 0 Å². The van der Waals surface area contributed by atoms with Crippen molar-refractivity contribution in [3.63, 3.8) is 0 Å². The van der Waals surface area contributed by atoms with Crippen molar-refractivity contribution in [2.24, 2.45) is 17.8 Å². The Hall–Kier alpha value is -5.22. The second-order valence-corrected chi connectivity index (χ2v) is 13.8. The molecule has 2 saturated heterocycles. The fourth-order valence-corrected chi connectivity index (χ4v) is 8.90. The molecule has 3 aromatic rings. The first kappa shape index (κ1) is 35.2. The number of nitrogens with zero attached hydrogens (tertiary/aromatic N) is 2. The molecule has 3 N–H and O–H groups in total. The molecule has 18 heteroatoms. The molecule has 3 aromatic carbocycles. The first-order valence-corrected chi connectivity index (χ1v) is 16.0. The number of allylic oxidation sites excluding steroid dienone is 2. The predicted octanol–water partition coefficient (Wildman–Crippen LogP) is 5.27. The van der Waals surface area contributed by atoms with Crippen LogP contribution < -0.4 is 14.5 Å². The summed E-state index contributed by atoms with van der Waals surface area (Å²) in [6, 6.07) is 6.76. The van der Waals surface area contributed by atoms with Gasteiger partial charge >= 0.3 is 5.97 Å². The number of hydrogen-bond donors (Lipinski definition) is 3. The molecule has 0 aromatic heterocycles. The number of imide groups is 2. The van der Waals surface area contributed by atoms with Crippen LogP contribution in [-0.2, 0) is 19.2 Å². The van der Waals surface area contributed by atoms with E-state index in [0.29, 0.717) is 4.90 Å². The predicted molar refractivity (Wildman–Crippen MR) is 169 cm³/mol. The second-order valence-electron chi connectivity index (χ2n) is 12.6. The van der Waals surface area contributed by atoms with Crippen LogP contribution in [0.5, 0.6) is 17.2 Å². The largest absolute Gasteiger partial charge is 0.508 e. The number of carbonyl (C=O) groups excluding carboxylic acids is 4. The smallest absolute Gasteiger partial charge is 0.339 e. The number of rotatable bonds is 5. The van der Waals surface area contributed by atoms with E-state index in [-0.39, 0.29) is 33.9 Å². The SMILES string of the molecule is COc1cccc(O)c1C1C2=CCC3C(=O)N(c4ccc(C(=O)O)c(O)c4)C(=O)C3C2CC2(Cl)C(=O)N(c3c(F)c(F)c(F)c(F)c3F)C(=O)C12Cl. The van der Waals surface area contributed by atoms with Gasteiger partial charge < -0.3 is 20.1 Å². The highest BCUT2D eigenvalue weighted by atomic mass is 35.5. The lowest BCUT2D eigenvalue weighted by molar-refractivity contribution is -0.125. The van der Waals surface area contributed by atoms with Gasteiger partial charge in [-0.3, -0.25) is 19.2 Å². The zero-order valence-electron chi connectivity index (χ0n) is 26.1. The lowest BCUT2D eigenvalue weighted by Crippen LogP contribution is -2.60. The number of alkyl halides is 2. The number of benzene rings is 3. The Morgan fingerprint density at radius 2 is 1.48 bits per heavy atom. The quantitative estimate of drug-likeness (QED) is 0.0785. The van der Waals surface area contributed by atoms with Crippen molar-refractivity contribution >= 4 is 64.2 Å². The summed E-state index contributed by atoms with van der Waals surface area (Å²) in [5.74, 6) is -26.4. The Morgan fingerprint density at radius 1 is 0.846 bits per heavy atom. The van der Waals surface area contributed by atoms with Crippen LogP contribution in [-0.4, -0.2) is 61.8 Å². The van der Waals surface area contributed by atoms with E-state index in [1.807, 2.05) is 0 Å². The van der Waals surface area contributed by atoms with Crippen LogP contribution in [0.3, 0.4) is 0 Å². The van der Waals surface area contributed by atoms with Crippen molar-refractivity contribution in [1.29, 1.82) is 0 Å². The average molecular weight is 767 g/mol. The van der Waals surface area contributed by atoms with E-state index in [0.717, 1.165) is 24.3 Å². The van der Waals surface area contributed by atoms with Crippen LogP contribution in [0.2, 0.25) is 0 Å². The van der Waals surface area contributed by atoms with Gasteiger partial charge in [0.2, 0.25) is 17.6 Å². The monoisotopic (exact) mass is 766 g/mol. The molecule has 3 fully saturated rings. The Labute approximate surface area is 298 Å². The Morgan fingerprint density at radius 3 is 2.08 bits per heavy atom. The number of carbonyl (C=O) groups is 5. The zero-order chi connectivity index (χ0) is 37.9. The molecule has 6 atom stereocenters. The van der Waals surface area contributed by atoms with Crippen LogP contribution >= 0.6 is 23.2 Å². The molecule has 2 heterocycles. The first-order chi connectivity index (χ1) is 24.4. The van der Waals surface area contributed by atoms with E-state index >= 15 is 8.78 Å². The Kier molecular flexibility index (Phi) is 7.88. The molecule has 7 rings (SSSR count). The minimum absolute atomic E-state index is 0.0554. The number of fused-ring (bicyclic) bond motifs is 4. The van der Waals surface area contributed by atoms with Gasteiger partial charge in [-0.15, -0.1) is 23.2 Å². The summed E-state index contributed by atoms with van der Waals surface area (Å²) in [5.41, 5.74) is -2.93. The summed E-state index contributed by atoms with van der Waals surface area (Å²) in [5, 5.41) is 30.8. The van der Waals surface area contributed by atoms with Gasteiger partial charge in [-0.1, -0.05) is 17.7 Å². The van der Waals surface area contributed by atoms with Crippen LogP contribution in [0, 0.1) is 46.8 Å². The third-order valence-electron chi connectivity index (χ3n) is 10.2. The summed E-state index contributed by atoms with van der Waals surface area (Å²) >= 11 is 14.2. The zero-order valence-corrected chi connectivity index (χ0v) is 27.6. The van der Waals surface area contributed by atoms with Gasteiger partial charge in [-0.25, -0.2) is 36.5 Å². The number of aromatic hydroxyl groups is 2. The molecule has 0 radical (unpaired) electrons. The molecule has 270 valence electrons. The second kappa shape index (κ2) is 11.6. The van der Waals surface area contributed by atoms with Gasteiger partial charge in [-0.2, -0.15) is 0 Å². The van der Waals surface area contributed by atoms with Crippen molar-refractivity contribution < 1.29 is 66.0 Å². The number of carboxylic acids is 1. The van der Waals surface area contributed by atoms with Gasteiger partial charge in [0, 0.05) is 17.5 Å². The lowest BCUT2D eigenvalue weighted by atomic mass is 9.56. The van der Waals surface area contributed by atoms with Crippen LogP contribution in [0.15, 0.2) is 48.0 Å². The van der Waals surface area contributed by atoms with E-state index in [1.54, 1.807) is 0 Å². The molecule has 52 heavy (non-hydrogen) atoms. The molecule has 2 aliphatic heterocycles. The van der Waals surface area contributed by atoms with E-state index in [4.69, 9.17) is 27.9 Å². The third-order valence-corrected chi connectivity index (χ3v) is 11.7. The number of hydrogen-bond acceptors (Lipinski definition) is 8. The number of carboxylic acid groups (broad SMARTS) is 1. The fraction of sp³-hybridized carbons (Fsp3) is 0.265. The fourth-order valence-electron chi connectivity index (χ4n) is 7.98. The lowest BCUT2D eigenvalue weighted by Gasteiger charge is -2.50. The number of methoxy groups -OCH3 is 1.